The van der Waals surface area contributed by atoms with Crippen molar-refractivity contribution in [1.29, 1.82) is 0 Å². The number of ether oxygens (including phenoxy) is 1. The molecule has 0 unspecified atom stereocenters. The molecule has 3 aromatic rings. The predicted molar refractivity (Wildman–Crippen MR) is 102 cm³/mol. The summed E-state index contributed by atoms with van der Waals surface area (Å²) in [6.07, 6.45) is 6.31. The average molecular weight is 347 g/mol. The number of benzene rings is 2. The monoisotopic (exact) mass is 347 g/mol. The van der Waals surface area contributed by atoms with Crippen LogP contribution >= 0.6 is 0 Å². The molecule has 0 N–H and O–H groups in total. The fourth-order valence-electron chi connectivity index (χ4n) is 3.46. The van der Waals surface area contributed by atoms with Crippen LogP contribution in [0.5, 0.6) is 5.75 Å². The molecule has 0 spiro atoms. The van der Waals surface area contributed by atoms with Gasteiger partial charge in [-0.15, -0.1) is 0 Å². The fraction of sp³-hybridized carbons (Fsp3) is 0.238. The highest BCUT2D eigenvalue weighted by Gasteiger charge is 2.27. The number of methoxy groups -OCH3 is 1. The van der Waals surface area contributed by atoms with Crippen molar-refractivity contribution in [1.82, 2.24) is 14.5 Å². The number of para-hydroxylation sites is 2. The second-order valence-electron chi connectivity index (χ2n) is 6.48. The van der Waals surface area contributed by atoms with Crippen LogP contribution in [0.4, 0.5) is 0 Å². The number of hydrogen-bond acceptors (Lipinski definition) is 3. The first kappa shape index (κ1) is 16.4. The predicted octanol–water partition coefficient (Wildman–Crippen LogP) is 3.53. The van der Waals surface area contributed by atoms with Crippen LogP contribution in [-0.4, -0.2) is 40.6 Å². The minimum atomic E-state index is 0.0414. The zero-order valence-corrected chi connectivity index (χ0v) is 14.7. The second kappa shape index (κ2) is 7.04. The smallest absolute Gasteiger partial charge is 0.246 e. The molecule has 1 fully saturated rings. The van der Waals surface area contributed by atoms with Gasteiger partial charge in [-0.3, -0.25) is 4.79 Å². The van der Waals surface area contributed by atoms with Crippen molar-refractivity contribution in [2.24, 2.45) is 0 Å². The Morgan fingerprint density at radius 3 is 3.00 bits per heavy atom. The summed E-state index contributed by atoms with van der Waals surface area (Å²) in [6.45, 7) is 1.47. The molecule has 2 heterocycles. The molecule has 0 aliphatic carbocycles. The first-order chi connectivity index (χ1) is 12.7. The quantitative estimate of drug-likeness (QED) is 0.678. The number of carbonyl (C=O) groups excluding carboxylic acids is 1. The molecule has 0 radical (unpaired) electrons. The van der Waals surface area contributed by atoms with Gasteiger partial charge in [-0.1, -0.05) is 24.3 Å². The lowest BCUT2D eigenvalue weighted by molar-refractivity contribution is -0.125. The molecule has 132 valence electrons. The molecule has 1 aliphatic heterocycles. The molecule has 2 aromatic carbocycles. The number of imidazole rings is 1. The van der Waals surface area contributed by atoms with Crippen molar-refractivity contribution in [2.45, 2.75) is 12.5 Å². The number of nitrogens with zero attached hydrogens (tertiary/aromatic N) is 3. The van der Waals surface area contributed by atoms with Gasteiger partial charge in [-0.2, -0.15) is 0 Å². The van der Waals surface area contributed by atoms with Gasteiger partial charge in [-0.25, -0.2) is 4.98 Å². The van der Waals surface area contributed by atoms with Gasteiger partial charge < -0.3 is 14.2 Å². The van der Waals surface area contributed by atoms with Gasteiger partial charge in [0.05, 0.1) is 30.5 Å². The van der Waals surface area contributed by atoms with E-state index in [1.165, 1.54) is 0 Å². The fourth-order valence-corrected chi connectivity index (χ4v) is 3.46. The van der Waals surface area contributed by atoms with Crippen molar-refractivity contribution in [3.05, 3.63) is 66.5 Å². The van der Waals surface area contributed by atoms with Crippen molar-refractivity contribution in [3.8, 4) is 5.75 Å². The summed E-state index contributed by atoms with van der Waals surface area (Å²) < 4.78 is 7.40. The number of likely N-dealkylation sites (tertiary alicyclic amines) is 1. The number of amides is 1. The van der Waals surface area contributed by atoms with Gasteiger partial charge in [0.2, 0.25) is 5.91 Å². The van der Waals surface area contributed by atoms with E-state index in [4.69, 9.17) is 4.74 Å². The number of rotatable bonds is 4. The zero-order chi connectivity index (χ0) is 17.9. The normalized spacial score (nSPS) is 17.3. The SMILES string of the molecule is COc1cccc(/C=C/C(=O)N2CC[C@@H](n3cnc4ccccc43)C2)c1. The third kappa shape index (κ3) is 3.20. The Bertz CT molecular complexity index is 961. The van der Waals surface area contributed by atoms with Crippen molar-refractivity contribution >= 4 is 23.0 Å². The topological polar surface area (TPSA) is 47.4 Å². The maximum atomic E-state index is 12.5. The standard InChI is InChI=1S/C21H21N3O2/c1-26-18-6-4-5-16(13-18)9-10-21(25)23-12-11-17(14-23)24-15-22-19-7-2-3-8-20(19)24/h2-10,13,15,17H,11-12,14H2,1H3/b10-9+/t17-/m1/s1. The van der Waals surface area contributed by atoms with Crippen LogP contribution in [0.2, 0.25) is 0 Å². The van der Waals surface area contributed by atoms with Gasteiger partial charge in [-0.05, 0) is 42.3 Å². The molecule has 1 aliphatic rings. The molecule has 26 heavy (non-hydrogen) atoms. The van der Waals surface area contributed by atoms with Crippen LogP contribution in [0, 0.1) is 0 Å². The van der Waals surface area contributed by atoms with Crippen molar-refractivity contribution in [3.63, 3.8) is 0 Å². The van der Waals surface area contributed by atoms with Crippen LogP contribution in [0.3, 0.4) is 0 Å². The van der Waals surface area contributed by atoms with E-state index < -0.39 is 0 Å². The van der Waals surface area contributed by atoms with E-state index in [9.17, 15) is 4.79 Å². The Labute approximate surface area is 152 Å². The van der Waals surface area contributed by atoms with E-state index in [-0.39, 0.29) is 11.9 Å². The van der Waals surface area contributed by atoms with Crippen LogP contribution in [0.25, 0.3) is 17.1 Å². The molecule has 1 amide bonds. The molecule has 4 rings (SSSR count). The Morgan fingerprint density at radius 2 is 2.12 bits per heavy atom. The molecule has 1 atom stereocenters. The lowest BCUT2D eigenvalue weighted by atomic mass is 10.2. The van der Waals surface area contributed by atoms with E-state index in [0.29, 0.717) is 6.54 Å². The summed E-state index contributed by atoms with van der Waals surface area (Å²) in [7, 11) is 1.64. The minimum absolute atomic E-state index is 0.0414. The average Bonchev–Trinajstić information content (AvgIpc) is 3.33. The number of fused-ring (bicyclic) bond motifs is 1. The van der Waals surface area contributed by atoms with E-state index >= 15 is 0 Å². The van der Waals surface area contributed by atoms with Gasteiger partial charge >= 0.3 is 0 Å². The summed E-state index contributed by atoms with van der Waals surface area (Å²) >= 11 is 0. The summed E-state index contributed by atoms with van der Waals surface area (Å²) in [5, 5.41) is 0. The largest absolute Gasteiger partial charge is 0.497 e. The van der Waals surface area contributed by atoms with Crippen LogP contribution in [-0.2, 0) is 4.79 Å². The summed E-state index contributed by atoms with van der Waals surface area (Å²) in [6, 6.07) is 16.1. The van der Waals surface area contributed by atoms with E-state index in [0.717, 1.165) is 35.3 Å². The van der Waals surface area contributed by atoms with E-state index in [2.05, 4.69) is 15.6 Å². The lowest BCUT2D eigenvalue weighted by Gasteiger charge is -2.16. The first-order valence-electron chi connectivity index (χ1n) is 8.77. The van der Waals surface area contributed by atoms with Gasteiger partial charge in [0, 0.05) is 19.2 Å². The van der Waals surface area contributed by atoms with Crippen LogP contribution in [0.1, 0.15) is 18.0 Å². The molecule has 1 aromatic heterocycles. The molecule has 1 saturated heterocycles. The lowest BCUT2D eigenvalue weighted by Crippen LogP contribution is -2.27. The Kier molecular flexibility index (Phi) is 4.44. The highest BCUT2D eigenvalue weighted by Crippen LogP contribution is 2.26. The van der Waals surface area contributed by atoms with Crippen LogP contribution in [0.15, 0.2) is 60.9 Å². The summed E-state index contributed by atoms with van der Waals surface area (Å²) in [4.78, 5) is 18.9. The number of hydrogen-bond donors (Lipinski definition) is 0. The highest BCUT2D eigenvalue weighted by atomic mass is 16.5. The Balaban J connectivity index is 1.44. The summed E-state index contributed by atoms with van der Waals surface area (Å²) in [5.74, 6) is 0.826. The maximum absolute atomic E-state index is 12.5. The molecular weight excluding hydrogens is 326 g/mol. The second-order valence-corrected chi connectivity index (χ2v) is 6.48. The zero-order valence-electron chi connectivity index (χ0n) is 14.7. The van der Waals surface area contributed by atoms with Gasteiger partial charge in [0.1, 0.15) is 5.75 Å². The highest BCUT2D eigenvalue weighted by molar-refractivity contribution is 5.92. The first-order valence-corrected chi connectivity index (χ1v) is 8.77. The number of carbonyl (C=O) groups is 1. The van der Waals surface area contributed by atoms with Crippen LogP contribution < -0.4 is 4.74 Å². The third-order valence-corrected chi connectivity index (χ3v) is 4.86. The third-order valence-electron chi connectivity index (χ3n) is 4.86. The molecule has 5 nitrogen and oxygen atoms in total. The minimum Gasteiger partial charge on any atom is -0.497 e. The van der Waals surface area contributed by atoms with Crippen molar-refractivity contribution < 1.29 is 9.53 Å². The Morgan fingerprint density at radius 1 is 1.23 bits per heavy atom. The molecule has 5 heteroatoms. The van der Waals surface area contributed by atoms with Gasteiger partial charge in [0.25, 0.3) is 0 Å². The number of aromatic nitrogens is 2. The molecule has 0 saturated carbocycles. The van der Waals surface area contributed by atoms with Crippen molar-refractivity contribution in [2.75, 3.05) is 20.2 Å². The molecular formula is C21H21N3O2. The van der Waals surface area contributed by atoms with E-state index in [1.54, 1.807) is 13.2 Å². The maximum Gasteiger partial charge on any atom is 0.246 e. The van der Waals surface area contributed by atoms with E-state index in [1.807, 2.05) is 59.8 Å². The summed E-state index contributed by atoms with van der Waals surface area (Å²) in [5.41, 5.74) is 3.07. The molecule has 0 bridgehead atoms. The van der Waals surface area contributed by atoms with Gasteiger partial charge in [0.15, 0.2) is 0 Å². The Hall–Kier alpha value is -3.08.